The standard InChI is InChI=1S/C35H42N6O5S/c42-28(36-24-5-7-25(8-6-24)39-14-1-2-15-39)23-34-29-30(35(47-34,37-33(34)45)13-18-38-19-21-46-22-20-38)32(44)41(31(29)43)27-11-9-26(10-12-27)40-16-3-4-17-40/h5-12,29-30H,1-4,13-23H2,(H,36,42)(H,37,45). The first kappa shape index (κ1) is 30.7. The smallest absolute Gasteiger partial charge is 0.241 e. The van der Waals surface area contributed by atoms with Crippen LogP contribution in [0.1, 0.15) is 38.5 Å². The first-order valence-electron chi connectivity index (χ1n) is 17.1. The highest BCUT2D eigenvalue weighted by Gasteiger charge is 2.78. The molecule has 248 valence electrons. The van der Waals surface area contributed by atoms with E-state index in [0.717, 1.165) is 63.5 Å². The number of nitrogens with zero attached hydrogens (tertiary/aromatic N) is 4. The fourth-order valence-electron chi connectivity index (χ4n) is 8.51. The minimum Gasteiger partial charge on any atom is -0.379 e. The number of hydrogen-bond donors (Lipinski definition) is 2. The molecular formula is C35H42N6O5S. The van der Waals surface area contributed by atoms with Gasteiger partial charge in [-0.25, -0.2) is 4.90 Å². The summed E-state index contributed by atoms with van der Waals surface area (Å²) in [6.45, 7) is 7.53. The second-order valence-corrected chi connectivity index (χ2v) is 15.3. The van der Waals surface area contributed by atoms with Gasteiger partial charge < -0.3 is 25.2 Å². The van der Waals surface area contributed by atoms with Crippen LogP contribution < -0.4 is 25.3 Å². The van der Waals surface area contributed by atoms with Crippen molar-refractivity contribution in [2.45, 2.75) is 48.1 Å². The molecule has 2 aromatic carbocycles. The van der Waals surface area contributed by atoms with Gasteiger partial charge in [-0.3, -0.25) is 24.1 Å². The number of carbonyl (C=O) groups excluding carboxylic acids is 4. The highest BCUT2D eigenvalue weighted by molar-refractivity contribution is 8.03. The minimum atomic E-state index is -1.38. The van der Waals surface area contributed by atoms with Crippen LogP contribution in [0.3, 0.4) is 0 Å². The van der Waals surface area contributed by atoms with Gasteiger partial charge >= 0.3 is 0 Å². The van der Waals surface area contributed by atoms with Crippen LogP contribution in [0.25, 0.3) is 0 Å². The van der Waals surface area contributed by atoms with Crippen molar-refractivity contribution in [2.75, 3.05) is 79.0 Å². The van der Waals surface area contributed by atoms with Crippen molar-refractivity contribution in [2.24, 2.45) is 11.8 Å². The number of hydrogen-bond acceptors (Lipinski definition) is 9. The molecule has 0 radical (unpaired) electrons. The fourth-order valence-corrected chi connectivity index (χ4v) is 10.6. The zero-order chi connectivity index (χ0) is 32.2. The molecule has 4 amide bonds. The maximum absolute atomic E-state index is 14.4. The van der Waals surface area contributed by atoms with E-state index in [1.807, 2.05) is 48.5 Å². The van der Waals surface area contributed by atoms with Crippen molar-refractivity contribution < 1.29 is 23.9 Å². The molecule has 2 N–H and O–H groups in total. The van der Waals surface area contributed by atoms with E-state index < -0.39 is 27.4 Å². The number of amides is 4. The normalized spacial score (nSPS) is 30.4. The largest absolute Gasteiger partial charge is 0.379 e. The van der Waals surface area contributed by atoms with E-state index in [1.54, 1.807) is 0 Å². The van der Waals surface area contributed by atoms with Crippen molar-refractivity contribution in [3.05, 3.63) is 48.5 Å². The van der Waals surface area contributed by atoms with Crippen molar-refractivity contribution in [1.29, 1.82) is 0 Å². The Hall–Kier alpha value is -3.61. The van der Waals surface area contributed by atoms with Crippen LogP contribution in [-0.2, 0) is 23.9 Å². The lowest BCUT2D eigenvalue weighted by molar-refractivity contribution is -0.137. The van der Waals surface area contributed by atoms with Crippen LogP contribution in [0.5, 0.6) is 0 Å². The Kier molecular flexibility index (Phi) is 7.92. The number of thioether (sulfide) groups is 1. The van der Waals surface area contributed by atoms with E-state index in [-0.39, 0.29) is 24.1 Å². The molecule has 6 aliphatic heterocycles. The van der Waals surface area contributed by atoms with E-state index in [4.69, 9.17) is 4.74 Å². The molecule has 47 heavy (non-hydrogen) atoms. The van der Waals surface area contributed by atoms with Gasteiger partial charge in [0.1, 0.15) is 9.62 Å². The second-order valence-electron chi connectivity index (χ2n) is 13.7. The van der Waals surface area contributed by atoms with Crippen LogP contribution in [0.4, 0.5) is 22.7 Å². The lowest BCUT2D eigenvalue weighted by atomic mass is 9.73. The van der Waals surface area contributed by atoms with Crippen molar-refractivity contribution in [3.63, 3.8) is 0 Å². The topological polar surface area (TPSA) is 115 Å². The predicted octanol–water partition coefficient (Wildman–Crippen LogP) is 3.06. The Balaban J connectivity index is 1.06. The number of anilines is 4. The lowest BCUT2D eigenvalue weighted by Gasteiger charge is -2.36. The van der Waals surface area contributed by atoms with Gasteiger partial charge in [0.2, 0.25) is 23.6 Å². The summed E-state index contributed by atoms with van der Waals surface area (Å²) in [7, 11) is 0. The number of carbonyl (C=O) groups is 4. The van der Waals surface area contributed by atoms with Crippen LogP contribution in [0, 0.1) is 11.8 Å². The molecule has 11 nitrogen and oxygen atoms in total. The lowest BCUT2D eigenvalue weighted by Crippen LogP contribution is -2.59. The summed E-state index contributed by atoms with van der Waals surface area (Å²) in [5.74, 6) is -3.07. The van der Waals surface area contributed by atoms with E-state index in [2.05, 4.69) is 25.3 Å². The average Bonchev–Trinajstić information content (AvgIpc) is 3.91. The summed E-state index contributed by atoms with van der Waals surface area (Å²) >= 11 is 1.34. The maximum atomic E-state index is 14.4. The number of ether oxygens (including phenoxy) is 1. The highest BCUT2D eigenvalue weighted by atomic mass is 32.2. The number of nitrogens with one attached hydrogen (secondary N) is 2. The molecule has 6 heterocycles. The molecular weight excluding hydrogens is 616 g/mol. The average molecular weight is 659 g/mol. The number of rotatable bonds is 9. The van der Waals surface area contributed by atoms with Crippen LogP contribution in [-0.4, -0.2) is 97.2 Å². The van der Waals surface area contributed by atoms with Crippen LogP contribution >= 0.6 is 11.8 Å². The third-order valence-corrected chi connectivity index (χ3v) is 12.8. The summed E-state index contributed by atoms with van der Waals surface area (Å²) in [5.41, 5.74) is 3.34. The van der Waals surface area contributed by atoms with E-state index >= 15 is 0 Å². The number of piperidine rings is 1. The molecule has 8 rings (SSSR count). The van der Waals surface area contributed by atoms with E-state index in [9.17, 15) is 19.2 Å². The highest BCUT2D eigenvalue weighted by Crippen LogP contribution is 2.66. The zero-order valence-electron chi connectivity index (χ0n) is 26.6. The zero-order valence-corrected chi connectivity index (χ0v) is 27.4. The Labute approximate surface area is 279 Å². The van der Waals surface area contributed by atoms with Crippen molar-refractivity contribution in [3.8, 4) is 0 Å². The monoisotopic (exact) mass is 658 g/mol. The Bertz CT molecular complexity index is 1550. The Morgan fingerprint density at radius 2 is 1.34 bits per heavy atom. The maximum Gasteiger partial charge on any atom is 0.241 e. The molecule has 0 saturated carbocycles. The van der Waals surface area contributed by atoms with Gasteiger partial charge in [-0.2, -0.15) is 0 Å². The first-order valence-corrected chi connectivity index (χ1v) is 17.9. The molecule has 12 heteroatoms. The molecule has 2 aromatic rings. The SMILES string of the molecule is O=C(CC12SC(CCN3CCOCC3)(NC1=O)C1C(=O)N(c3ccc(N4CCCC4)cc3)C(=O)C12)Nc1ccc(N2CCCC2)cc1. The number of fused-ring (bicyclic) bond motifs is 5. The van der Waals surface area contributed by atoms with E-state index in [1.165, 1.54) is 29.5 Å². The minimum absolute atomic E-state index is 0.196. The molecule has 4 unspecified atom stereocenters. The Morgan fingerprint density at radius 1 is 0.787 bits per heavy atom. The number of morpholine rings is 1. The summed E-state index contributed by atoms with van der Waals surface area (Å²) in [5, 5.41) is 6.15. The van der Waals surface area contributed by atoms with Crippen LogP contribution in [0.2, 0.25) is 0 Å². The van der Waals surface area contributed by atoms with Gasteiger partial charge in [-0.05, 0) is 80.6 Å². The molecule has 6 aliphatic rings. The molecule has 0 aromatic heterocycles. The van der Waals surface area contributed by atoms with Gasteiger partial charge in [0, 0.05) is 62.9 Å². The third kappa shape index (κ3) is 5.28. The van der Waals surface area contributed by atoms with Gasteiger partial charge in [0.15, 0.2) is 0 Å². The molecule has 6 fully saturated rings. The molecule has 0 aliphatic carbocycles. The Morgan fingerprint density at radius 3 is 1.96 bits per heavy atom. The second kappa shape index (κ2) is 12.1. The molecule has 6 saturated heterocycles. The summed E-state index contributed by atoms with van der Waals surface area (Å²) in [6, 6.07) is 15.4. The fraction of sp³-hybridized carbons (Fsp3) is 0.543. The molecule has 0 spiro atoms. The number of imide groups is 1. The van der Waals surface area contributed by atoms with Crippen molar-refractivity contribution >= 4 is 58.1 Å². The molecule has 2 bridgehead atoms. The van der Waals surface area contributed by atoms with E-state index in [0.29, 0.717) is 37.6 Å². The number of benzene rings is 2. The van der Waals surface area contributed by atoms with Gasteiger partial charge in [-0.15, -0.1) is 11.8 Å². The quantitative estimate of drug-likeness (QED) is 0.393. The molecule has 4 atom stereocenters. The third-order valence-electron chi connectivity index (χ3n) is 10.9. The summed E-state index contributed by atoms with van der Waals surface area (Å²) < 4.78 is 4.14. The van der Waals surface area contributed by atoms with Gasteiger partial charge in [0.25, 0.3) is 0 Å². The van der Waals surface area contributed by atoms with Gasteiger partial charge in [-0.1, -0.05) is 0 Å². The van der Waals surface area contributed by atoms with Gasteiger partial charge in [0.05, 0.1) is 37.2 Å². The predicted molar refractivity (Wildman–Crippen MR) is 182 cm³/mol. The summed E-state index contributed by atoms with van der Waals surface area (Å²) in [6.07, 6.45) is 4.96. The first-order chi connectivity index (χ1) is 22.9. The van der Waals surface area contributed by atoms with Crippen molar-refractivity contribution in [1.82, 2.24) is 10.2 Å². The summed E-state index contributed by atoms with van der Waals surface area (Å²) in [4.78, 5) is 63.6. The van der Waals surface area contributed by atoms with Crippen LogP contribution in [0.15, 0.2) is 48.5 Å².